The fourth-order valence-electron chi connectivity index (χ4n) is 2.29. The molecule has 3 rings (SSSR count). The minimum atomic E-state index is -1.09. The van der Waals surface area contributed by atoms with Gasteiger partial charge < -0.3 is 5.11 Å². The predicted molar refractivity (Wildman–Crippen MR) is 87.7 cm³/mol. The number of benzene rings is 1. The Kier molecular flexibility index (Phi) is 4.52. The number of amidine groups is 1. The van der Waals surface area contributed by atoms with Crippen LogP contribution < -0.4 is 10.3 Å². The first kappa shape index (κ1) is 15.4. The number of aliphatic hydroxyl groups excluding tert-OH is 1. The number of anilines is 1. The van der Waals surface area contributed by atoms with Gasteiger partial charge in [-0.15, -0.1) is 11.3 Å². The predicted octanol–water partition coefficient (Wildman–Crippen LogP) is 1.91. The van der Waals surface area contributed by atoms with Crippen molar-refractivity contribution >= 4 is 28.1 Å². The van der Waals surface area contributed by atoms with Gasteiger partial charge in [0.1, 0.15) is 24.5 Å². The van der Waals surface area contributed by atoms with Crippen LogP contribution in [0.15, 0.2) is 47.6 Å². The summed E-state index contributed by atoms with van der Waals surface area (Å²) in [7, 11) is 0. The van der Waals surface area contributed by atoms with Crippen LogP contribution in [-0.2, 0) is 11.2 Å². The van der Waals surface area contributed by atoms with Crippen molar-refractivity contribution in [3.8, 4) is 0 Å². The number of hydrogen-bond acceptors (Lipinski definition) is 6. The van der Waals surface area contributed by atoms with Crippen molar-refractivity contribution < 1.29 is 14.3 Å². The van der Waals surface area contributed by atoms with Crippen LogP contribution in [0.5, 0.6) is 0 Å². The Labute approximate surface area is 136 Å². The first-order chi connectivity index (χ1) is 11.2. The van der Waals surface area contributed by atoms with Crippen LogP contribution >= 0.6 is 11.3 Å². The number of hydrazone groups is 1. The summed E-state index contributed by atoms with van der Waals surface area (Å²) in [5.41, 5.74) is 3.82. The number of aliphatic hydroxyl groups is 1. The Morgan fingerprint density at radius 2 is 2.17 bits per heavy atom. The zero-order valence-corrected chi connectivity index (χ0v) is 12.9. The number of nitrogens with zero attached hydrogens (tertiary/aromatic N) is 2. The molecule has 0 saturated carbocycles. The molecule has 1 atom stereocenters. The van der Waals surface area contributed by atoms with E-state index in [2.05, 4.69) is 10.5 Å². The van der Waals surface area contributed by atoms with Gasteiger partial charge in [0.25, 0.3) is 0 Å². The first-order valence-corrected chi connectivity index (χ1v) is 7.79. The molecule has 1 aromatic carbocycles. The SMILES string of the molecule is O=C=CC(O)C1=NNCN1c1ccc(Cc2ccc(F)cc2)s1. The van der Waals surface area contributed by atoms with E-state index in [0.29, 0.717) is 18.9 Å². The van der Waals surface area contributed by atoms with Crippen LogP contribution in [0.4, 0.5) is 9.39 Å². The van der Waals surface area contributed by atoms with E-state index in [0.717, 1.165) is 21.5 Å². The van der Waals surface area contributed by atoms with Crippen LogP contribution in [0.3, 0.4) is 0 Å². The number of hydrogen-bond donors (Lipinski definition) is 2. The van der Waals surface area contributed by atoms with Crippen molar-refractivity contribution in [1.82, 2.24) is 5.43 Å². The van der Waals surface area contributed by atoms with Gasteiger partial charge in [-0.25, -0.2) is 9.18 Å². The maximum absolute atomic E-state index is 12.9. The molecule has 7 heteroatoms. The van der Waals surface area contributed by atoms with Crippen molar-refractivity contribution in [3.05, 3.63) is 58.7 Å². The highest BCUT2D eigenvalue weighted by Crippen LogP contribution is 2.29. The van der Waals surface area contributed by atoms with E-state index >= 15 is 0 Å². The molecular formula is C16H14FN3O2S. The van der Waals surface area contributed by atoms with Crippen LogP contribution in [-0.4, -0.2) is 29.7 Å². The van der Waals surface area contributed by atoms with E-state index in [1.54, 1.807) is 34.3 Å². The van der Waals surface area contributed by atoms with Crippen LogP contribution in [0.25, 0.3) is 0 Å². The standard InChI is InChI=1S/C16H14FN3O2S/c17-12-3-1-11(2-4-12)9-13-5-6-15(23-13)20-10-18-19-16(20)14(22)7-8-21/h1-7,14,18,22H,9-10H2. The van der Waals surface area contributed by atoms with Gasteiger partial charge in [0.2, 0.25) is 0 Å². The normalized spacial score (nSPS) is 14.9. The molecule has 0 saturated heterocycles. The van der Waals surface area contributed by atoms with Crippen molar-refractivity contribution in [2.45, 2.75) is 12.5 Å². The summed E-state index contributed by atoms with van der Waals surface area (Å²) in [6.45, 7) is 0.426. The van der Waals surface area contributed by atoms with Gasteiger partial charge in [-0.05, 0) is 29.8 Å². The van der Waals surface area contributed by atoms with Gasteiger partial charge >= 0.3 is 0 Å². The van der Waals surface area contributed by atoms with Crippen LogP contribution in [0, 0.1) is 5.82 Å². The van der Waals surface area contributed by atoms with Gasteiger partial charge in [-0.1, -0.05) is 12.1 Å². The van der Waals surface area contributed by atoms with E-state index < -0.39 is 6.10 Å². The van der Waals surface area contributed by atoms with Crippen molar-refractivity contribution in [2.75, 3.05) is 11.6 Å². The maximum atomic E-state index is 12.9. The fraction of sp³-hybridized carbons (Fsp3) is 0.188. The van der Waals surface area contributed by atoms with Gasteiger partial charge in [-0.3, -0.25) is 10.3 Å². The summed E-state index contributed by atoms with van der Waals surface area (Å²) < 4.78 is 12.9. The second-order valence-corrected chi connectivity index (χ2v) is 6.13. The van der Waals surface area contributed by atoms with E-state index in [-0.39, 0.29) is 5.82 Å². The molecule has 2 aromatic rings. The highest BCUT2D eigenvalue weighted by molar-refractivity contribution is 7.16. The van der Waals surface area contributed by atoms with Gasteiger partial charge in [0, 0.05) is 17.4 Å². The highest BCUT2D eigenvalue weighted by Gasteiger charge is 2.25. The Balaban J connectivity index is 1.75. The minimum Gasteiger partial charge on any atom is -0.380 e. The third-order valence-electron chi connectivity index (χ3n) is 3.39. The second-order valence-electron chi connectivity index (χ2n) is 4.99. The zero-order chi connectivity index (χ0) is 16.2. The first-order valence-electron chi connectivity index (χ1n) is 6.97. The van der Waals surface area contributed by atoms with Crippen molar-refractivity contribution in [2.24, 2.45) is 5.10 Å². The number of halogens is 1. The van der Waals surface area contributed by atoms with E-state index in [1.165, 1.54) is 12.1 Å². The third-order valence-corrected chi connectivity index (χ3v) is 4.50. The summed E-state index contributed by atoms with van der Waals surface area (Å²) in [5.74, 6) is 1.69. The molecule has 0 spiro atoms. The van der Waals surface area contributed by atoms with Crippen molar-refractivity contribution in [1.29, 1.82) is 0 Å². The lowest BCUT2D eigenvalue weighted by atomic mass is 10.1. The Morgan fingerprint density at radius 3 is 2.91 bits per heavy atom. The lowest BCUT2D eigenvalue weighted by molar-refractivity contribution is 0.288. The number of rotatable bonds is 5. The quantitative estimate of drug-likeness (QED) is 0.822. The molecule has 1 aliphatic rings. The molecule has 1 unspecified atom stereocenters. The molecule has 0 aliphatic carbocycles. The smallest absolute Gasteiger partial charge is 0.165 e. The van der Waals surface area contributed by atoms with Crippen molar-refractivity contribution in [3.63, 3.8) is 0 Å². The summed E-state index contributed by atoms with van der Waals surface area (Å²) in [4.78, 5) is 13.3. The summed E-state index contributed by atoms with van der Waals surface area (Å²) >= 11 is 1.56. The number of nitrogens with one attached hydrogen (secondary N) is 1. The minimum absolute atomic E-state index is 0.248. The van der Waals surface area contributed by atoms with Crippen LogP contribution in [0.1, 0.15) is 10.4 Å². The van der Waals surface area contributed by atoms with Crippen LogP contribution in [0.2, 0.25) is 0 Å². The molecule has 0 amide bonds. The maximum Gasteiger partial charge on any atom is 0.165 e. The number of thiophene rings is 1. The number of carbonyl (C=O) groups excluding carboxylic acids is 1. The topological polar surface area (TPSA) is 64.9 Å². The molecule has 118 valence electrons. The average Bonchev–Trinajstić information content (AvgIpc) is 3.18. The molecule has 0 fully saturated rings. The molecule has 2 N–H and O–H groups in total. The van der Waals surface area contributed by atoms with Gasteiger partial charge in [0.05, 0.1) is 5.00 Å². The summed E-state index contributed by atoms with van der Waals surface area (Å²) in [6.07, 6.45) is 0.631. The Morgan fingerprint density at radius 1 is 1.39 bits per heavy atom. The molecule has 23 heavy (non-hydrogen) atoms. The zero-order valence-electron chi connectivity index (χ0n) is 12.1. The fourth-order valence-corrected chi connectivity index (χ4v) is 3.34. The monoisotopic (exact) mass is 331 g/mol. The Hall–Kier alpha value is -2.47. The van der Waals surface area contributed by atoms with E-state index in [1.807, 2.05) is 12.1 Å². The Bertz CT molecular complexity index is 766. The molecule has 0 radical (unpaired) electrons. The lowest BCUT2D eigenvalue weighted by Gasteiger charge is -2.18. The van der Waals surface area contributed by atoms with Gasteiger partial charge in [-0.2, -0.15) is 5.10 Å². The third kappa shape index (κ3) is 3.48. The lowest BCUT2D eigenvalue weighted by Crippen LogP contribution is -2.35. The molecule has 1 aliphatic heterocycles. The molecule has 5 nitrogen and oxygen atoms in total. The molecule has 0 bridgehead atoms. The largest absolute Gasteiger partial charge is 0.380 e. The molecular weight excluding hydrogens is 317 g/mol. The molecule has 1 aromatic heterocycles. The highest BCUT2D eigenvalue weighted by atomic mass is 32.1. The summed E-state index contributed by atoms with van der Waals surface area (Å²) in [5, 5.41) is 14.8. The average molecular weight is 331 g/mol. The summed E-state index contributed by atoms with van der Waals surface area (Å²) in [6, 6.07) is 10.3. The molecule has 2 heterocycles. The van der Waals surface area contributed by atoms with Gasteiger partial charge in [0.15, 0.2) is 5.84 Å². The van der Waals surface area contributed by atoms with E-state index in [9.17, 15) is 14.3 Å². The second kappa shape index (κ2) is 6.75. The van der Waals surface area contributed by atoms with E-state index in [4.69, 9.17) is 0 Å².